The normalized spacial score (nSPS) is 32.2. The third-order valence-electron chi connectivity index (χ3n) is 3.62. The van der Waals surface area contributed by atoms with Crippen molar-refractivity contribution in [3.05, 3.63) is 0 Å². The van der Waals surface area contributed by atoms with Gasteiger partial charge in [-0.2, -0.15) is 0 Å². The average Bonchev–Trinajstić information content (AvgIpc) is 2.56. The predicted molar refractivity (Wildman–Crippen MR) is 64.3 cm³/mol. The Morgan fingerprint density at radius 2 is 2.12 bits per heavy atom. The quantitative estimate of drug-likeness (QED) is 0.670. The average molecular weight is 225 g/mol. The number of amides is 1. The summed E-state index contributed by atoms with van der Waals surface area (Å²) in [6.45, 7) is 6.99. The summed E-state index contributed by atoms with van der Waals surface area (Å²) < 4.78 is 0. The third-order valence-corrected chi connectivity index (χ3v) is 3.62. The molecule has 4 nitrogen and oxygen atoms in total. The smallest absolute Gasteiger partial charge is 0.239 e. The van der Waals surface area contributed by atoms with Crippen molar-refractivity contribution in [2.45, 2.75) is 32.2 Å². The van der Waals surface area contributed by atoms with E-state index in [1.165, 1.54) is 6.42 Å². The minimum atomic E-state index is 0.0712. The van der Waals surface area contributed by atoms with Crippen molar-refractivity contribution in [3.63, 3.8) is 0 Å². The number of carbonyl (C=O) groups excluding carboxylic acids is 1. The molecule has 0 radical (unpaired) electrons. The van der Waals surface area contributed by atoms with Gasteiger partial charge in [0.2, 0.25) is 5.91 Å². The highest BCUT2D eigenvalue weighted by molar-refractivity contribution is 5.82. The van der Waals surface area contributed by atoms with E-state index in [1.54, 1.807) is 0 Å². The first-order chi connectivity index (χ1) is 7.77. The maximum atomic E-state index is 12.3. The Balaban J connectivity index is 1.89. The largest absolute Gasteiger partial charge is 0.340 e. The molecule has 2 N–H and O–H groups in total. The Labute approximate surface area is 97.8 Å². The van der Waals surface area contributed by atoms with Gasteiger partial charge in [-0.3, -0.25) is 4.79 Å². The molecule has 2 atom stereocenters. The highest BCUT2D eigenvalue weighted by Gasteiger charge is 2.28. The van der Waals surface area contributed by atoms with E-state index >= 15 is 0 Å². The molecule has 2 rings (SSSR count). The first-order valence-electron chi connectivity index (χ1n) is 6.50. The second-order valence-electron chi connectivity index (χ2n) is 5.07. The lowest BCUT2D eigenvalue weighted by molar-refractivity contribution is -0.134. The van der Waals surface area contributed by atoms with Gasteiger partial charge in [0.25, 0.3) is 0 Å². The van der Waals surface area contributed by atoms with Gasteiger partial charge in [-0.1, -0.05) is 6.92 Å². The standard InChI is InChI=1S/C12H23N3O/c1-10-3-5-14-11(9-10)12(16)15-7-2-4-13-6-8-15/h10-11,13-14H,2-9H2,1H3. The second kappa shape index (κ2) is 5.64. The van der Waals surface area contributed by atoms with Gasteiger partial charge < -0.3 is 15.5 Å². The highest BCUT2D eigenvalue weighted by Crippen LogP contribution is 2.16. The zero-order valence-electron chi connectivity index (χ0n) is 10.2. The fraction of sp³-hybridized carbons (Fsp3) is 0.917. The summed E-state index contributed by atoms with van der Waals surface area (Å²) in [5.74, 6) is 0.996. The van der Waals surface area contributed by atoms with Crippen LogP contribution in [0.5, 0.6) is 0 Å². The minimum absolute atomic E-state index is 0.0712. The van der Waals surface area contributed by atoms with Crippen LogP contribution in [0, 0.1) is 5.92 Å². The number of rotatable bonds is 1. The van der Waals surface area contributed by atoms with Crippen LogP contribution in [0.2, 0.25) is 0 Å². The van der Waals surface area contributed by atoms with E-state index in [4.69, 9.17) is 0 Å². The first-order valence-corrected chi connectivity index (χ1v) is 6.50. The molecule has 0 aromatic carbocycles. The molecule has 0 bridgehead atoms. The Kier molecular flexibility index (Phi) is 4.18. The van der Waals surface area contributed by atoms with Gasteiger partial charge in [0.15, 0.2) is 0 Å². The molecular formula is C12H23N3O. The number of carbonyl (C=O) groups is 1. The summed E-state index contributed by atoms with van der Waals surface area (Å²) in [7, 11) is 0. The Morgan fingerprint density at radius 1 is 1.25 bits per heavy atom. The molecule has 2 aliphatic rings. The lowest BCUT2D eigenvalue weighted by atomic mass is 9.93. The molecule has 2 heterocycles. The van der Waals surface area contributed by atoms with Gasteiger partial charge in [0.1, 0.15) is 0 Å². The Bertz CT molecular complexity index is 232. The van der Waals surface area contributed by atoms with Gasteiger partial charge in [-0.25, -0.2) is 0 Å². The Morgan fingerprint density at radius 3 is 2.94 bits per heavy atom. The first kappa shape index (κ1) is 11.9. The fourth-order valence-electron chi connectivity index (χ4n) is 2.58. The minimum Gasteiger partial charge on any atom is -0.340 e. The fourth-order valence-corrected chi connectivity index (χ4v) is 2.58. The lowest BCUT2D eigenvalue weighted by Gasteiger charge is -2.31. The maximum Gasteiger partial charge on any atom is 0.239 e. The summed E-state index contributed by atoms with van der Waals surface area (Å²) in [6.07, 6.45) is 3.28. The molecule has 2 fully saturated rings. The molecule has 2 saturated heterocycles. The molecule has 0 spiro atoms. The topological polar surface area (TPSA) is 44.4 Å². The van der Waals surface area contributed by atoms with Crippen LogP contribution in [-0.4, -0.2) is 49.6 Å². The molecule has 2 unspecified atom stereocenters. The summed E-state index contributed by atoms with van der Waals surface area (Å²) in [5, 5.41) is 6.68. The van der Waals surface area contributed by atoms with Crippen LogP contribution in [0.3, 0.4) is 0 Å². The van der Waals surface area contributed by atoms with Gasteiger partial charge in [-0.05, 0) is 38.3 Å². The lowest BCUT2D eigenvalue weighted by Crippen LogP contribution is -2.50. The van der Waals surface area contributed by atoms with E-state index < -0.39 is 0 Å². The molecule has 16 heavy (non-hydrogen) atoms. The molecular weight excluding hydrogens is 202 g/mol. The van der Waals surface area contributed by atoms with Crippen LogP contribution >= 0.6 is 0 Å². The second-order valence-corrected chi connectivity index (χ2v) is 5.07. The maximum absolute atomic E-state index is 12.3. The summed E-state index contributed by atoms with van der Waals surface area (Å²) in [5.41, 5.74) is 0. The van der Waals surface area contributed by atoms with E-state index in [0.717, 1.165) is 45.6 Å². The summed E-state index contributed by atoms with van der Waals surface area (Å²) in [4.78, 5) is 14.3. The van der Waals surface area contributed by atoms with Crippen LogP contribution in [-0.2, 0) is 4.79 Å². The Hall–Kier alpha value is -0.610. The molecule has 0 aromatic rings. The van der Waals surface area contributed by atoms with E-state index in [9.17, 15) is 4.79 Å². The molecule has 92 valence electrons. The third kappa shape index (κ3) is 2.95. The van der Waals surface area contributed by atoms with Crippen LogP contribution in [0.15, 0.2) is 0 Å². The van der Waals surface area contributed by atoms with Crippen molar-refractivity contribution in [1.82, 2.24) is 15.5 Å². The number of nitrogens with one attached hydrogen (secondary N) is 2. The molecule has 0 aromatic heterocycles. The van der Waals surface area contributed by atoms with Crippen molar-refractivity contribution in [1.29, 1.82) is 0 Å². The van der Waals surface area contributed by atoms with Gasteiger partial charge in [-0.15, -0.1) is 0 Å². The molecule has 1 amide bonds. The van der Waals surface area contributed by atoms with E-state index in [1.807, 2.05) is 4.90 Å². The highest BCUT2D eigenvalue weighted by atomic mass is 16.2. The van der Waals surface area contributed by atoms with Gasteiger partial charge in [0.05, 0.1) is 6.04 Å². The number of hydrogen-bond donors (Lipinski definition) is 2. The number of nitrogens with zero attached hydrogens (tertiary/aromatic N) is 1. The molecule has 0 aliphatic carbocycles. The summed E-state index contributed by atoms with van der Waals surface area (Å²) in [6, 6.07) is 0.0712. The van der Waals surface area contributed by atoms with Crippen molar-refractivity contribution in [2.24, 2.45) is 5.92 Å². The zero-order chi connectivity index (χ0) is 11.4. The molecule has 0 saturated carbocycles. The SMILES string of the molecule is CC1CCNC(C(=O)N2CCCNCC2)C1. The summed E-state index contributed by atoms with van der Waals surface area (Å²) >= 11 is 0. The van der Waals surface area contributed by atoms with Crippen LogP contribution < -0.4 is 10.6 Å². The van der Waals surface area contributed by atoms with Crippen molar-refractivity contribution < 1.29 is 4.79 Å². The van der Waals surface area contributed by atoms with Crippen molar-refractivity contribution >= 4 is 5.91 Å². The van der Waals surface area contributed by atoms with Crippen molar-refractivity contribution in [2.75, 3.05) is 32.7 Å². The molecule has 4 heteroatoms. The monoisotopic (exact) mass is 225 g/mol. The van der Waals surface area contributed by atoms with E-state index in [-0.39, 0.29) is 6.04 Å². The van der Waals surface area contributed by atoms with Crippen LogP contribution in [0.25, 0.3) is 0 Å². The van der Waals surface area contributed by atoms with Gasteiger partial charge in [0, 0.05) is 19.6 Å². The van der Waals surface area contributed by atoms with Gasteiger partial charge >= 0.3 is 0 Å². The van der Waals surface area contributed by atoms with Crippen LogP contribution in [0.4, 0.5) is 0 Å². The van der Waals surface area contributed by atoms with E-state index in [2.05, 4.69) is 17.6 Å². The van der Waals surface area contributed by atoms with E-state index in [0.29, 0.717) is 11.8 Å². The van der Waals surface area contributed by atoms with Crippen molar-refractivity contribution in [3.8, 4) is 0 Å². The zero-order valence-corrected chi connectivity index (χ0v) is 10.2. The predicted octanol–water partition coefficient (Wildman–Crippen LogP) is 0.196. The number of piperidine rings is 1. The molecule has 2 aliphatic heterocycles. The number of hydrogen-bond acceptors (Lipinski definition) is 3. The van der Waals surface area contributed by atoms with Crippen LogP contribution in [0.1, 0.15) is 26.2 Å².